The van der Waals surface area contributed by atoms with Crippen LogP contribution >= 0.6 is 0 Å². The predicted molar refractivity (Wildman–Crippen MR) is 106 cm³/mol. The van der Waals surface area contributed by atoms with E-state index >= 15 is 0 Å². The van der Waals surface area contributed by atoms with Crippen LogP contribution in [-0.4, -0.2) is 46.7 Å². The number of aryl methyl sites for hydroxylation is 1. The number of aliphatic hydroxyl groups excluding tert-OH is 1. The third-order valence-electron chi connectivity index (χ3n) is 4.89. The predicted octanol–water partition coefficient (Wildman–Crippen LogP) is 3.20. The Balaban J connectivity index is 1.91. The van der Waals surface area contributed by atoms with Crippen molar-refractivity contribution in [1.82, 2.24) is 29.3 Å². The van der Waals surface area contributed by atoms with E-state index in [9.17, 15) is 36.2 Å². The molecule has 178 valence electrons. The standard InChI is InChI=1S/C20H14F6N6O2/c1-31-7-11(6-29-31)16-17-12(18(34)32(9-28-17)8-15(33)20(24,25)26)4-13(30-16)10-2-3-14(27-5-10)19(21,22)23/h2-7,9,15,33H,8H2,1H3/t15-/m0/s1. The molecule has 34 heavy (non-hydrogen) atoms. The fourth-order valence-corrected chi connectivity index (χ4v) is 3.19. The summed E-state index contributed by atoms with van der Waals surface area (Å²) in [5.74, 6) is 0. The first-order chi connectivity index (χ1) is 15.8. The minimum absolute atomic E-state index is 0.0411. The molecule has 0 aliphatic heterocycles. The zero-order valence-electron chi connectivity index (χ0n) is 17.1. The van der Waals surface area contributed by atoms with Crippen LogP contribution in [0, 0.1) is 0 Å². The van der Waals surface area contributed by atoms with E-state index in [2.05, 4.69) is 20.1 Å². The lowest BCUT2D eigenvalue weighted by molar-refractivity contribution is -0.207. The lowest BCUT2D eigenvalue weighted by Gasteiger charge is -2.16. The van der Waals surface area contributed by atoms with E-state index in [1.54, 1.807) is 13.2 Å². The molecule has 0 aliphatic rings. The van der Waals surface area contributed by atoms with Crippen molar-refractivity contribution < 1.29 is 31.4 Å². The van der Waals surface area contributed by atoms with E-state index < -0.39 is 36.3 Å². The van der Waals surface area contributed by atoms with E-state index in [-0.39, 0.29) is 27.9 Å². The van der Waals surface area contributed by atoms with Crippen molar-refractivity contribution in [2.45, 2.75) is 25.0 Å². The molecule has 0 saturated carbocycles. The van der Waals surface area contributed by atoms with Crippen LogP contribution in [0.4, 0.5) is 26.3 Å². The maximum absolute atomic E-state index is 13.0. The summed E-state index contributed by atoms with van der Waals surface area (Å²) in [5, 5.41) is 13.2. The second-order valence-corrected chi connectivity index (χ2v) is 7.34. The van der Waals surface area contributed by atoms with Crippen LogP contribution in [0.3, 0.4) is 0 Å². The molecule has 8 nitrogen and oxygen atoms in total. The van der Waals surface area contributed by atoms with E-state index in [4.69, 9.17) is 0 Å². The van der Waals surface area contributed by atoms with Crippen LogP contribution < -0.4 is 5.56 Å². The first-order valence-electron chi connectivity index (χ1n) is 9.52. The van der Waals surface area contributed by atoms with Gasteiger partial charge in [-0.25, -0.2) is 9.97 Å². The molecule has 0 radical (unpaired) electrons. The van der Waals surface area contributed by atoms with Gasteiger partial charge in [0.25, 0.3) is 5.56 Å². The van der Waals surface area contributed by atoms with Gasteiger partial charge in [-0.1, -0.05) is 0 Å². The Bertz CT molecular complexity index is 1410. The first kappa shape index (κ1) is 23.4. The van der Waals surface area contributed by atoms with Gasteiger partial charge in [-0.05, 0) is 18.2 Å². The highest BCUT2D eigenvalue weighted by molar-refractivity contribution is 5.93. The van der Waals surface area contributed by atoms with Crippen molar-refractivity contribution in [3.05, 3.63) is 59.2 Å². The number of pyridine rings is 2. The van der Waals surface area contributed by atoms with Gasteiger partial charge in [0.15, 0.2) is 6.10 Å². The molecule has 0 bridgehead atoms. The Hall–Kier alpha value is -3.81. The molecule has 0 aromatic carbocycles. The Kier molecular flexibility index (Phi) is 5.63. The molecule has 0 amide bonds. The van der Waals surface area contributed by atoms with Gasteiger partial charge in [0.05, 0.1) is 30.1 Å². The van der Waals surface area contributed by atoms with Gasteiger partial charge in [-0.15, -0.1) is 0 Å². The van der Waals surface area contributed by atoms with Gasteiger partial charge < -0.3 is 5.11 Å². The summed E-state index contributed by atoms with van der Waals surface area (Å²) in [6, 6.07) is 3.05. The largest absolute Gasteiger partial charge is 0.433 e. The Morgan fingerprint density at radius 2 is 1.79 bits per heavy atom. The molecular formula is C20H14F6N6O2. The first-order valence-corrected chi connectivity index (χ1v) is 9.52. The van der Waals surface area contributed by atoms with Crippen molar-refractivity contribution in [3.63, 3.8) is 0 Å². The molecule has 14 heteroatoms. The number of alkyl halides is 6. The molecular weight excluding hydrogens is 470 g/mol. The van der Waals surface area contributed by atoms with E-state index in [0.717, 1.165) is 24.7 Å². The molecule has 4 aromatic rings. The molecule has 4 heterocycles. The number of hydrogen-bond donors (Lipinski definition) is 1. The average molecular weight is 484 g/mol. The maximum atomic E-state index is 13.0. The number of rotatable bonds is 4. The topological polar surface area (TPSA) is 98.7 Å². The molecule has 4 aromatic heterocycles. The molecule has 0 aliphatic carbocycles. The van der Waals surface area contributed by atoms with Crippen molar-refractivity contribution >= 4 is 10.9 Å². The normalized spacial score (nSPS) is 13.4. The van der Waals surface area contributed by atoms with Crippen molar-refractivity contribution in [3.8, 4) is 22.5 Å². The van der Waals surface area contributed by atoms with Gasteiger partial charge in [0, 0.05) is 30.6 Å². The van der Waals surface area contributed by atoms with Crippen LogP contribution in [0.25, 0.3) is 33.4 Å². The SMILES string of the molecule is Cn1cc(-c2nc(-c3ccc(C(F)(F)F)nc3)cc3c(=O)n(C[C@H](O)C(F)(F)F)cnc23)cn1. The lowest BCUT2D eigenvalue weighted by atomic mass is 10.1. The van der Waals surface area contributed by atoms with Crippen LogP contribution in [0.5, 0.6) is 0 Å². The van der Waals surface area contributed by atoms with Crippen LogP contribution in [0.15, 0.2) is 47.9 Å². The van der Waals surface area contributed by atoms with Crippen LogP contribution in [-0.2, 0) is 19.8 Å². The minimum Gasteiger partial charge on any atom is -0.382 e. The van der Waals surface area contributed by atoms with Gasteiger partial charge in [-0.2, -0.15) is 31.4 Å². The van der Waals surface area contributed by atoms with Gasteiger partial charge in [0.1, 0.15) is 16.9 Å². The highest BCUT2D eigenvalue weighted by Gasteiger charge is 2.38. The fraction of sp³-hybridized carbons (Fsp3) is 0.250. The molecule has 1 N–H and O–H groups in total. The van der Waals surface area contributed by atoms with E-state index in [1.165, 1.54) is 16.9 Å². The van der Waals surface area contributed by atoms with E-state index in [0.29, 0.717) is 10.1 Å². The second-order valence-electron chi connectivity index (χ2n) is 7.34. The monoisotopic (exact) mass is 484 g/mol. The number of aliphatic hydroxyl groups is 1. The molecule has 0 spiro atoms. The molecule has 0 fully saturated rings. The highest BCUT2D eigenvalue weighted by Crippen LogP contribution is 2.31. The number of halogens is 6. The molecule has 0 saturated heterocycles. The Morgan fingerprint density at radius 3 is 2.35 bits per heavy atom. The smallest absolute Gasteiger partial charge is 0.382 e. The van der Waals surface area contributed by atoms with Gasteiger partial charge in [-0.3, -0.25) is 19.0 Å². The van der Waals surface area contributed by atoms with Gasteiger partial charge >= 0.3 is 12.4 Å². The van der Waals surface area contributed by atoms with Crippen molar-refractivity contribution in [2.75, 3.05) is 0 Å². The third-order valence-corrected chi connectivity index (χ3v) is 4.89. The minimum atomic E-state index is -4.95. The lowest BCUT2D eigenvalue weighted by Crippen LogP contribution is -2.36. The summed E-state index contributed by atoms with van der Waals surface area (Å²) in [6.45, 7) is -1.09. The zero-order valence-corrected chi connectivity index (χ0v) is 17.1. The summed E-state index contributed by atoms with van der Waals surface area (Å²) >= 11 is 0. The Labute approximate surface area is 186 Å². The number of aromatic nitrogens is 6. The maximum Gasteiger partial charge on any atom is 0.433 e. The van der Waals surface area contributed by atoms with Crippen molar-refractivity contribution in [1.29, 1.82) is 0 Å². The van der Waals surface area contributed by atoms with Crippen LogP contribution in [0.2, 0.25) is 0 Å². The summed E-state index contributed by atoms with van der Waals surface area (Å²) in [7, 11) is 1.62. The number of fused-ring (bicyclic) bond motifs is 1. The quantitative estimate of drug-likeness (QED) is 0.447. The molecule has 4 rings (SSSR count). The summed E-state index contributed by atoms with van der Waals surface area (Å²) in [6.07, 6.45) is -7.67. The molecule has 1 atom stereocenters. The summed E-state index contributed by atoms with van der Waals surface area (Å²) < 4.78 is 79.0. The van der Waals surface area contributed by atoms with Crippen LogP contribution in [0.1, 0.15) is 5.69 Å². The number of hydrogen-bond acceptors (Lipinski definition) is 6. The van der Waals surface area contributed by atoms with Gasteiger partial charge in [0.2, 0.25) is 0 Å². The summed E-state index contributed by atoms with van der Waals surface area (Å²) in [5.41, 5.74) is -1.27. The highest BCUT2D eigenvalue weighted by atomic mass is 19.4. The second kappa shape index (κ2) is 8.20. The Morgan fingerprint density at radius 1 is 1.06 bits per heavy atom. The van der Waals surface area contributed by atoms with Crippen molar-refractivity contribution in [2.24, 2.45) is 7.05 Å². The summed E-state index contributed by atoms with van der Waals surface area (Å²) in [4.78, 5) is 24.8. The third kappa shape index (κ3) is 4.48. The fourth-order valence-electron chi connectivity index (χ4n) is 3.19. The average Bonchev–Trinajstić information content (AvgIpc) is 3.20. The number of nitrogens with zero attached hydrogens (tertiary/aromatic N) is 6. The molecule has 0 unspecified atom stereocenters. The zero-order chi connectivity index (χ0) is 24.8. The van der Waals surface area contributed by atoms with E-state index in [1.807, 2.05) is 0 Å².